The van der Waals surface area contributed by atoms with Gasteiger partial charge in [0.2, 0.25) is 0 Å². The van der Waals surface area contributed by atoms with Crippen LogP contribution in [0.5, 0.6) is 0 Å². The van der Waals surface area contributed by atoms with Crippen LogP contribution in [0.25, 0.3) is 44.0 Å². The first kappa shape index (κ1) is 24.3. The van der Waals surface area contributed by atoms with E-state index in [0.717, 1.165) is 38.1 Å². The number of carbonyl (C=O) groups excluding carboxylic acids is 2. The Morgan fingerprint density at radius 1 is 0.537 bits per heavy atom. The molecule has 0 spiro atoms. The van der Waals surface area contributed by atoms with Gasteiger partial charge in [0.1, 0.15) is 5.82 Å². The second-order valence-corrected chi connectivity index (χ2v) is 9.93. The standard InChI is InChI=1S/C35H24N4O2/c40-34(27-11-9-22-5-1-3-7-25(22)19-27)36-29-15-13-24(14-16-29)33-38-31-18-17-30(21-32(31)39-33)37-35(41)28-12-10-23-6-2-4-8-26(23)20-28/h1-21H,(H,36,40)(H,37,41)(H,38,39). The smallest absolute Gasteiger partial charge is 0.255 e. The lowest BCUT2D eigenvalue weighted by Crippen LogP contribution is -2.11. The summed E-state index contributed by atoms with van der Waals surface area (Å²) >= 11 is 0. The number of anilines is 2. The number of rotatable bonds is 5. The summed E-state index contributed by atoms with van der Waals surface area (Å²) in [5, 5.41) is 10.2. The second kappa shape index (κ2) is 10.1. The van der Waals surface area contributed by atoms with Gasteiger partial charge in [-0.1, -0.05) is 60.7 Å². The maximum Gasteiger partial charge on any atom is 0.255 e. The fraction of sp³-hybridized carbons (Fsp3) is 0. The summed E-state index contributed by atoms with van der Waals surface area (Å²) in [6.07, 6.45) is 0. The number of H-pyrrole nitrogens is 1. The first-order valence-electron chi connectivity index (χ1n) is 13.3. The maximum absolute atomic E-state index is 12.9. The summed E-state index contributed by atoms with van der Waals surface area (Å²) in [6, 6.07) is 40.4. The van der Waals surface area contributed by atoms with E-state index in [9.17, 15) is 9.59 Å². The lowest BCUT2D eigenvalue weighted by atomic mass is 10.1. The number of amides is 2. The second-order valence-electron chi connectivity index (χ2n) is 9.93. The van der Waals surface area contributed by atoms with E-state index in [2.05, 4.69) is 15.6 Å². The van der Waals surface area contributed by atoms with Crippen molar-refractivity contribution in [3.63, 3.8) is 0 Å². The van der Waals surface area contributed by atoms with E-state index in [1.54, 1.807) is 0 Å². The number of hydrogen-bond acceptors (Lipinski definition) is 3. The van der Waals surface area contributed by atoms with E-state index in [1.165, 1.54) is 0 Å². The Morgan fingerprint density at radius 2 is 1.07 bits per heavy atom. The van der Waals surface area contributed by atoms with E-state index in [-0.39, 0.29) is 11.8 Å². The average molecular weight is 533 g/mol. The molecule has 196 valence electrons. The lowest BCUT2D eigenvalue weighted by molar-refractivity contribution is 0.101. The van der Waals surface area contributed by atoms with Gasteiger partial charge in [0.15, 0.2) is 0 Å². The van der Waals surface area contributed by atoms with Crippen LogP contribution in [0.4, 0.5) is 11.4 Å². The van der Waals surface area contributed by atoms with E-state index >= 15 is 0 Å². The summed E-state index contributed by atoms with van der Waals surface area (Å²) in [6.45, 7) is 0. The van der Waals surface area contributed by atoms with Gasteiger partial charge in [-0.25, -0.2) is 4.98 Å². The predicted octanol–water partition coefficient (Wildman–Crippen LogP) is 8.04. The summed E-state index contributed by atoms with van der Waals surface area (Å²) in [5.74, 6) is 0.364. The molecule has 6 aromatic carbocycles. The fourth-order valence-corrected chi connectivity index (χ4v) is 5.00. The zero-order valence-corrected chi connectivity index (χ0v) is 21.9. The van der Waals surface area contributed by atoms with Crippen molar-refractivity contribution in [1.82, 2.24) is 9.97 Å². The Bertz CT molecular complexity index is 2090. The molecular formula is C35H24N4O2. The van der Waals surface area contributed by atoms with Crippen LogP contribution in [0.3, 0.4) is 0 Å². The van der Waals surface area contributed by atoms with Gasteiger partial charge in [-0.15, -0.1) is 0 Å². The third kappa shape index (κ3) is 4.90. The molecule has 0 aliphatic carbocycles. The van der Waals surface area contributed by atoms with Crippen LogP contribution in [0.1, 0.15) is 20.7 Å². The molecular weight excluding hydrogens is 508 g/mol. The summed E-state index contributed by atoms with van der Waals surface area (Å²) in [5.41, 5.74) is 5.05. The normalized spacial score (nSPS) is 11.1. The SMILES string of the molecule is O=C(Nc1ccc(-c2nc3cc(NC(=O)c4ccc5ccccc5c4)ccc3[nH]2)cc1)c1ccc2ccccc2c1. The quantitative estimate of drug-likeness (QED) is 0.210. The van der Waals surface area contributed by atoms with Crippen LogP contribution in [0, 0.1) is 0 Å². The van der Waals surface area contributed by atoms with E-state index in [0.29, 0.717) is 28.3 Å². The van der Waals surface area contributed by atoms with Gasteiger partial charge in [0, 0.05) is 28.1 Å². The number of aromatic amines is 1. The van der Waals surface area contributed by atoms with E-state index in [1.807, 2.05) is 127 Å². The van der Waals surface area contributed by atoms with Crippen LogP contribution in [0.15, 0.2) is 127 Å². The first-order valence-corrected chi connectivity index (χ1v) is 13.3. The van der Waals surface area contributed by atoms with Gasteiger partial charge in [-0.05, 0) is 88.3 Å². The third-order valence-corrected chi connectivity index (χ3v) is 7.18. The minimum Gasteiger partial charge on any atom is -0.338 e. The molecule has 7 rings (SSSR count). The predicted molar refractivity (Wildman–Crippen MR) is 165 cm³/mol. The van der Waals surface area contributed by atoms with Crippen molar-refractivity contribution in [3.05, 3.63) is 139 Å². The van der Waals surface area contributed by atoms with Gasteiger partial charge >= 0.3 is 0 Å². The highest BCUT2D eigenvalue weighted by molar-refractivity contribution is 6.07. The number of benzene rings is 6. The summed E-state index contributed by atoms with van der Waals surface area (Å²) < 4.78 is 0. The van der Waals surface area contributed by atoms with Gasteiger partial charge in [-0.3, -0.25) is 9.59 Å². The zero-order valence-electron chi connectivity index (χ0n) is 21.9. The average Bonchev–Trinajstić information content (AvgIpc) is 3.44. The minimum absolute atomic E-state index is 0.162. The molecule has 3 N–H and O–H groups in total. The Hall–Kier alpha value is -5.75. The molecule has 0 fully saturated rings. The number of aromatic nitrogens is 2. The number of imidazole rings is 1. The van der Waals surface area contributed by atoms with E-state index in [4.69, 9.17) is 4.98 Å². The minimum atomic E-state index is -0.174. The van der Waals surface area contributed by atoms with Crippen molar-refractivity contribution in [2.24, 2.45) is 0 Å². The highest BCUT2D eigenvalue weighted by atomic mass is 16.2. The Kier molecular flexibility index (Phi) is 5.98. The Balaban J connectivity index is 1.06. The zero-order chi connectivity index (χ0) is 27.8. The number of nitrogens with one attached hydrogen (secondary N) is 3. The van der Waals surface area contributed by atoms with Gasteiger partial charge in [-0.2, -0.15) is 0 Å². The molecule has 2 amide bonds. The van der Waals surface area contributed by atoms with Gasteiger partial charge in [0.25, 0.3) is 11.8 Å². The first-order chi connectivity index (χ1) is 20.1. The number of nitrogens with zero attached hydrogens (tertiary/aromatic N) is 1. The Morgan fingerprint density at radius 3 is 1.68 bits per heavy atom. The molecule has 0 aliphatic rings. The third-order valence-electron chi connectivity index (χ3n) is 7.18. The van der Waals surface area contributed by atoms with E-state index < -0.39 is 0 Å². The molecule has 6 nitrogen and oxygen atoms in total. The van der Waals surface area contributed by atoms with Crippen molar-refractivity contribution < 1.29 is 9.59 Å². The number of hydrogen-bond donors (Lipinski definition) is 3. The van der Waals surface area contributed by atoms with Crippen molar-refractivity contribution in [2.45, 2.75) is 0 Å². The molecule has 0 unspecified atom stereocenters. The lowest BCUT2D eigenvalue weighted by Gasteiger charge is -2.07. The van der Waals surface area contributed by atoms with Gasteiger partial charge < -0.3 is 15.6 Å². The molecule has 0 radical (unpaired) electrons. The number of fused-ring (bicyclic) bond motifs is 3. The molecule has 1 heterocycles. The number of carbonyl (C=O) groups is 2. The fourth-order valence-electron chi connectivity index (χ4n) is 5.00. The molecule has 7 aromatic rings. The molecule has 0 aliphatic heterocycles. The molecule has 0 saturated heterocycles. The van der Waals surface area contributed by atoms with Crippen LogP contribution < -0.4 is 10.6 Å². The highest BCUT2D eigenvalue weighted by Gasteiger charge is 2.11. The maximum atomic E-state index is 12.9. The molecule has 0 saturated carbocycles. The highest BCUT2D eigenvalue weighted by Crippen LogP contribution is 2.25. The van der Waals surface area contributed by atoms with Crippen molar-refractivity contribution in [1.29, 1.82) is 0 Å². The molecule has 41 heavy (non-hydrogen) atoms. The molecule has 0 bridgehead atoms. The van der Waals surface area contributed by atoms with Crippen LogP contribution in [-0.2, 0) is 0 Å². The van der Waals surface area contributed by atoms with Crippen LogP contribution in [0.2, 0.25) is 0 Å². The van der Waals surface area contributed by atoms with Crippen molar-refractivity contribution in [2.75, 3.05) is 10.6 Å². The van der Waals surface area contributed by atoms with Crippen LogP contribution >= 0.6 is 0 Å². The largest absolute Gasteiger partial charge is 0.338 e. The monoisotopic (exact) mass is 532 g/mol. The Labute approximate surface area is 235 Å². The molecule has 0 atom stereocenters. The molecule has 1 aromatic heterocycles. The summed E-state index contributed by atoms with van der Waals surface area (Å²) in [7, 11) is 0. The van der Waals surface area contributed by atoms with Crippen molar-refractivity contribution in [3.8, 4) is 11.4 Å². The van der Waals surface area contributed by atoms with Gasteiger partial charge in [0.05, 0.1) is 11.0 Å². The summed E-state index contributed by atoms with van der Waals surface area (Å²) in [4.78, 5) is 33.8. The topological polar surface area (TPSA) is 86.9 Å². The molecule has 6 heteroatoms. The van der Waals surface area contributed by atoms with Crippen LogP contribution in [-0.4, -0.2) is 21.8 Å². The van der Waals surface area contributed by atoms with Crippen molar-refractivity contribution >= 4 is 55.8 Å².